The summed E-state index contributed by atoms with van der Waals surface area (Å²) in [5.41, 5.74) is 2.05. The van der Waals surface area contributed by atoms with E-state index < -0.39 is 10.1 Å². The van der Waals surface area contributed by atoms with Crippen LogP contribution in [0.4, 0.5) is 0 Å². The van der Waals surface area contributed by atoms with Crippen molar-refractivity contribution >= 4 is 26.0 Å². The van der Waals surface area contributed by atoms with Gasteiger partial charge in [0.2, 0.25) is 0 Å². The average Bonchev–Trinajstić information content (AvgIpc) is 2.65. The number of hydrogen-bond acceptors (Lipinski definition) is 3. The first-order chi connectivity index (χ1) is 13.2. The number of alkyl halides is 1. The molecular formula is C22H40BrNO3S. The lowest BCUT2D eigenvalue weighted by molar-refractivity contribution is -0.896. The molecule has 0 bridgehead atoms. The second-order valence-electron chi connectivity index (χ2n) is 7.93. The summed E-state index contributed by atoms with van der Waals surface area (Å²) >= 11 is 3.70. The molecule has 0 aromatic heterocycles. The van der Waals surface area contributed by atoms with Crippen LogP contribution in [0.1, 0.15) is 77.2 Å². The van der Waals surface area contributed by atoms with Crippen LogP contribution in [0.2, 0.25) is 0 Å². The van der Waals surface area contributed by atoms with Crippen LogP contribution in [0.5, 0.6) is 0 Å². The predicted molar refractivity (Wildman–Crippen MR) is 122 cm³/mol. The highest BCUT2D eigenvalue weighted by atomic mass is 79.9. The Morgan fingerprint density at radius 2 is 1.29 bits per heavy atom. The van der Waals surface area contributed by atoms with Crippen molar-refractivity contribution < 1.29 is 17.5 Å². The molecular weight excluding hydrogens is 438 g/mol. The summed E-state index contributed by atoms with van der Waals surface area (Å²) in [5, 5.41) is 0. The number of rotatable bonds is 13. The Bertz CT molecular complexity index is 605. The lowest BCUT2D eigenvalue weighted by atomic mass is 10.1. The van der Waals surface area contributed by atoms with E-state index in [4.69, 9.17) is 0 Å². The van der Waals surface area contributed by atoms with Crippen LogP contribution in [0.15, 0.2) is 29.2 Å². The van der Waals surface area contributed by atoms with Gasteiger partial charge in [0, 0.05) is 0 Å². The molecule has 4 nitrogen and oxygen atoms in total. The minimum absolute atomic E-state index is 0.178. The molecule has 1 aromatic rings. The fraction of sp³-hybridized carbons (Fsp3) is 0.727. The molecule has 0 fully saturated rings. The fourth-order valence-corrected chi connectivity index (χ4v) is 3.92. The Kier molecular flexibility index (Phi) is 15.2. The molecule has 0 spiro atoms. The van der Waals surface area contributed by atoms with E-state index in [1.54, 1.807) is 12.1 Å². The maximum atomic E-state index is 10.4. The van der Waals surface area contributed by atoms with E-state index in [9.17, 15) is 13.0 Å². The topological polar surface area (TPSA) is 57.2 Å². The van der Waals surface area contributed by atoms with Gasteiger partial charge in [0.15, 0.2) is 0 Å². The van der Waals surface area contributed by atoms with Gasteiger partial charge in [0.25, 0.3) is 0 Å². The second kappa shape index (κ2) is 15.4. The summed E-state index contributed by atoms with van der Waals surface area (Å²) in [6.07, 6.45) is 12.6. The Balaban J connectivity index is 0.000000567. The van der Waals surface area contributed by atoms with Crippen molar-refractivity contribution in [1.82, 2.24) is 0 Å². The van der Waals surface area contributed by atoms with Crippen LogP contribution >= 0.6 is 15.9 Å². The Hall–Kier alpha value is -0.430. The van der Waals surface area contributed by atoms with E-state index in [1.807, 2.05) is 6.92 Å². The molecule has 0 amide bonds. The number of hydrogen-bond donors (Lipinski definition) is 0. The van der Waals surface area contributed by atoms with Crippen LogP contribution in [0.25, 0.3) is 0 Å². The molecule has 0 heterocycles. The van der Waals surface area contributed by atoms with Gasteiger partial charge in [-0.2, -0.15) is 0 Å². The predicted octanol–water partition coefficient (Wildman–Crippen LogP) is 6.24. The molecule has 1 aromatic carbocycles. The maximum Gasteiger partial charge on any atom is 0.134 e. The third-order valence-corrected chi connectivity index (χ3v) is 7.01. The van der Waals surface area contributed by atoms with Gasteiger partial charge in [-0.15, -0.1) is 0 Å². The molecule has 164 valence electrons. The van der Waals surface area contributed by atoms with Crippen LogP contribution in [0, 0.1) is 6.92 Å². The van der Waals surface area contributed by atoms with E-state index in [0.717, 1.165) is 11.0 Å². The first-order valence-corrected chi connectivity index (χ1v) is 13.1. The molecule has 0 saturated carbocycles. The number of halogens is 1. The summed E-state index contributed by atoms with van der Waals surface area (Å²) in [4.78, 5) is -0.178. The van der Waals surface area contributed by atoms with E-state index >= 15 is 0 Å². The quantitative estimate of drug-likeness (QED) is 0.111. The SMILES string of the molecule is CCCCCCC[N+](C)(CBr)CCCCCC.Cc1ccc(S(=O)(=O)[O-])cc1. The number of quaternary nitrogens is 1. The third kappa shape index (κ3) is 13.7. The molecule has 0 radical (unpaired) electrons. The molecule has 1 rings (SSSR count). The minimum Gasteiger partial charge on any atom is -0.744 e. The maximum absolute atomic E-state index is 10.4. The zero-order chi connectivity index (χ0) is 21.5. The van der Waals surface area contributed by atoms with Gasteiger partial charge in [-0.3, -0.25) is 0 Å². The van der Waals surface area contributed by atoms with Gasteiger partial charge in [-0.1, -0.05) is 63.6 Å². The van der Waals surface area contributed by atoms with Gasteiger partial charge in [-0.25, -0.2) is 8.42 Å². The molecule has 0 aliphatic carbocycles. The first kappa shape index (κ1) is 27.6. The molecule has 0 aliphatic heterocycles. The van der Waals surface area contributed by atoms with Crippen LogP contribution < -0.4 is 0 Å². The van der Waals surface area contributed by atoms with Gasteiger partial charge in [0.05, 0.1) is 25.0 Å². The van der Waals surface area contributed by atoms with Crippen LogP contribution in [-0.4, -0.2) is 43.0 Å². The summed E-state index contributed by atoms with van der Waals surface area (Å²) in [7, 11) is -1.87. The number of benzene rings is 1. The van der Waals surface area contributed by atoms with E-state index in [1.165, 1.54) is 87.5 Å². The van der Waals surface area contributed by atoms with Crippen molar-refractivity contribution in [1.29, 1.82) is 0 Å². The van der Waals surface area contributed by atoms with Gasteiger partial charge in [-0.05, 0) is 60.7 Å². The number of unbranched alkanes of at least 4 members (excludes halogenated alkanes) is 7. The van der Waals surface area contributed by atoms with Crippen molar-refractivity contribution in [3.63, 3.8) is 0 Å². The molecule has 0 aliphatic rings. The largest absolute Gasteiger partial charge is 0.744 e. The second-order valence-corrected chi connectivity index (χ2v) is 9.81. The van der Waals surface area contributed by atoms with Crippen molar-refractivity contribution in [2.24, 2.45) is 0 Å². The highest BCUT2D eigenvalue weighted by molar-refractivity contribution is 9.09. The van der Waals surface area contributed by atoms with Crippen molar-refractivity contribution in [3.8, 4) is 0 Å². The zero-order valence-corrected chi connectivity index (χ0v) is 20.7. The minimum atomic E-state index is -4.27. The number of nitrogens with zero attached hydrogens (tertiary/aromatic N) is 1. The third-order valence-electron chi connectivity index (χ3n) is 4.95. The molecule has 1 atom stereocenters. The molecule has 28 heavy (non-hydrogen) atoms. The Labute approximate surface area is 182 Å². The average molecular weight is 479 g/mol. The fourth-order valence-electron chi connectivity index (χ4n) is 2.95. The lowest BCUT2D eigenvalue weighted by Crippen LogP contribution is -2.44. The molecule has 0 N–H and O–H groups in total. The summed E-state index contributed by atoms with van der Waals surface area (Å²) < 4.78 is 32.4. The normalized spacial score (nSPS) is 13.5. The first-order valence-electron chi connectivity index (χ1n) is 10.6. The van der Waals surface area contributed by atoms with Crippen molar-refractivity contribution in [2.75, 3.05) is 25.6 Å². The Morgan fingerprint density at radius 1 is 0.857 bits per heavy atom. The van der Waals surface area contributed by atoms with Crippen LogP contribution in [0.3, 0.4) is 0 Å². The number of aryl methyl sites for hydroxylation is 1. The highest BCUT2D eigenvalue weighted by Crippen LogP contribution is 2.14. The highest BCUT2D eigenvalue weighted by Gasteiger charge is 2.18. The molecule has 6 heteroatoms. The van der Waals surface area contributed by atoms with Crippen molar-refractivity contribution in [2.45, 2.75) is 83.5 Å². The van der Waals surface area contributed by atoms with E-state index in [2.05, 4.69) is 36.8 Å². The molecule has 0 saturated heterocycles. The Morgan fingerprint density at radius 3 is 1.68 bits per heavy atom. The van der Waals surface area contributed by atoms with Crippen molar-refractivity contribution in [3.05, 3.63) is 29.8 Å². The van der Waals surface area contributed by atoms with Gasteiger partial charge >= 0.3 is 0 Å². The molecule has 1 unspecified atom stereocenters. The summed E-state index contributed by atoms with van der Waals surface area (Å²) in [6.45, 7) is 9.08. The van der Waals surface area contributed by atoms with Gasteiger partial charge in [0.1, 0.15) is 15.6 Å². The lowest BCUT2D eigenvalue weighted by Gasteiger charge is -2.32. The smallest absolute Gasteiger partial charge is 0.134 e. The monoisotopic (exact) mass is 477 g/mol. The van der Waals surface area contributed by atoms with Gasteiger partial charge < -0.3 is 9.04 Å². The standard InChI is InChI=1S/C15H33BrN.C7H8O3S/c1-4-6-8-10-12-14-17(3,15-16)13-11-9-7-5-2;1-6-2-4-7(5-3-6)11(8,9)10/h4-15H2,1-3H3;2-5H,1H3,(H,8,9,10)/q+1;/p-1. The summed E-state index contributed by atoms with van der Waals surface area (Å²) in [6, 6.07) is 5.78. The zero-order valence-electron chi connectivity index (χ0n) is 18.3. The summed E-state index contributed by atoms with van der Waals surface area (Å²) in [5.74, 6) is 0. The van der Waals surface area contributed by atoms with Crippen LogP contribution in [-0.2, 0) is 10.1 Å². The van der Waals surface area contributed by atoms with E-state index in [-0.39, 0.29) is 4.90 Å². The van der Waals surface area contributed by atoms with E-state index in [0.29, 0.717) is 0 Å².